The average molecular weight is 450 g/mol. The lowest BCUT2D eigenvalue weighted by Crippen LogP contribution is -2.18. The minimum Gasteiger partial charge on any atom is -0.377 e. The summed E-state index contributed by atoms with van der Waals surface area (Å²) >= 11 is 0. The number of aromatic nitrogens is 1. The molecule has 3 aromatic rings. The molecule has 0 unspecified atom stereocenters. The smallest absolute Gasteiger partial charge is 0.106 e. The first-order valence-electron chi connectivity index (χ1n) is 11.4. The molecule has 0 fully saturated rings. The Balaban J connectivity index is 1.47. The van der Waals surface area contributed by atoms with Gasteiger partial charge in [0, 0.05) is 0 Å². The molecule has 174 valence electrons. The zero-order valence-corrected chi connectivity index (χ0v) is 18.8. The summed E-state index contributed by atoms with van der Waals surface area (Å²) in [4.78, 5) is 4.74. The quantitative estimate of drug-likeness (QED) is 0.567. The van der Waals surface area contributed by atoms with Crippen molar-refractivity contribution in [3.8, 4) is 0 Å². The predicted octanol–water partition coefficient (Wildman–Crippen LogP) is 4.66. The van der Waals surface area contributed by atoms with Crippen molar-refractivity contribution in [2.24, 2.45) is 0 Å². The van der Waals surface area contributed by atoms with E-state index in [1.54, 1.807) is 0 Å². The first-order valence-corrected chi connectivity index (χ1v) is 11.4. The van der Waals surface area contributed by atoms with E-state index >= 15 is 0 Å². The number of hydrogen-bond acceptors (Lipinski definition) is 6. The van der Waals surface area contributed by atoms with E-state index in [0.717, 1.165) is 22.5 Å². The number of nitrogens with zero attached hydrogens (tertiary/aromatic N) is 1. The molecule has 6 nitrogen and oxygen atoms in total. The molecule has 1 aromatic heterocycles. The summed E-state index contributed by atoms with van der Waals surface area (Å²) in [6.45, 7) is 3.68. The van der Waals surface area contributed by atoms with E-state index in [9.17, 15) is 0 Å². The maximum Gasteiger partial charge on any atom is 0.106 e. The van der Waals surface area contributed by atoms with E-state index in [1.807, 2.05) is 54.6 Å². The molecular formula is C27H31NO5. The molecule has 0 aliphatic carbocycles. The third kappa shape index (κ3) is 7.74. The average Bonchev–Trinajstić information content (AvgIpc) is 2.87. The highest BCUT2D eigenvalue weighted by atomic mass is 16.6. The van der Waals surface area contributed by atoms with Gasteiger partial charge in [0.1, 0.15) is 12.2 Å². The number of fused-ring (bicyclic) bond motifs is 2. The van der Waals surface area contributed by atoms with E-state index in [0.29, 0.717) is 52.9 Å². The fourth-order valence-corrected chi connectivity index (χ4v) is 3.60. The molecule has 6 heteroatoms. The molecule has 1 aliphatic heterocycles. The van der Waals surface area contributed by atoms with Gasteiger partial charge in [-0.2, -0.15) is 0 Å². The van der Waals surface area contributed by atoms with Gasteiger partial charge in [-0.15, -0.1) is 0 Å². The maximum absolute atomic E-state index is 6.21. The largest absolute Gasteiger partial charge is 0.377 e. The number of pyridine rings is 1. The van der Waals surface area contributed by atoms with Crippen molar-refractivity contribution in [3.05, 3.63) is 101 Å². The lowest BCUT2D eigenvalue weighted by Gasteiger charge is -2.20. The van der Waals surface area contributed by atoms with Gasteiger partial charge in [0.25, 0.3) is 0 Å². The normalized spacial score (nSPS) is 21.6. The summed E-state index contributed by atoms with van der Waals surface area (Å²) in [6, 6.07) is 26.1. The Bertz CT molecular complexity index is 865. The Kier molecular flexibility index (Phi) is 9.41. The summed E-state index contributed by atoms with van der Waals surface area (Å²) in [5.41, 5.74) is 3.86. The minimum absolute atomic E-state index is 0.183. The molecule has 1 aliphatic rings. The van der Waals surface area contributed by atoms with Crippen LogP contribution in [0.15, 0.2) is 78.9 Å². The van der Waals surface area contributed by atoms with Crippen molar-refractivity contribution in [1.29, 1.82) is 0 Å². The van der Waals surface area contributed by atoms with Crippen molar-refractivity contribution in [2.45, 2.75) is 25.4 Å². The first kappa shape index (κ1) is 23.5. The fourth-order valence-electron chi connectivity index (χ4n) is 3.60. The minimum atomic E-state index is -0.183. The van der Waals surface area contributed by atoms with Crippen molar-refractivity contribution in [3.63, 3.8) is 0 Å². The second-order valence-corrected chi connectivity index (χ2v) is 7.80. The first-order chi connectivity index (χ1) is 16.4. The Hall–Kier alpha value is -2.61. The van der Waals surface area contributed by atoms with Gasteiger partial charge < -0.3 is 23.7 Å². The van der Waals surface area contributed by atoms with Crippen LogP contribution in [-0.2, 0) is 36.9 Å². The van der Waals surface area contributed by atoms with E-state index < -0.39 is 0 Å². The molecule has 0 amide bonds. The van der Waals surface area contributed by atoms with Crippen LogP contribution < -0.4 is 0 Å². The topological polar surface area (TPSA) is 59.0 Å². The van der Waals surface area contributed by atoms with Crippen LogP contribution in [0.25, 0.3) is 0 Å². The van der Waals surface area contributed by atoms with Crippen molar-refractivity contribution < 1.29 is 23.7 Å². The zero-order valence-electron chi connectivity index (χ0n) is 18.8. The molecule has 0 radical (unpaired) electrons. The SMILES string of the molecule is c1ccc([C@H]2COCCOCCOC[C@H](c3ccccc3)OCc3cccc(n3)CO2)cc1. The van der Waals surface area contributed by atoms with Crippen LogP contribution >= 0.6 is 0 Å². The van der Waals surface area contributed by atoms with Gasteiger partial charge in [-0.05, 0) is 23.3 Å². The maximum atomic E-state index is 6.21. The van der Waals surface area contributed by atoms with Crippen LogP contribution in [0.2, 0.25) is 0 Å². The summed E-state index contributed by atoms with van der Waals surface area (Å²) < 4.78 is 29.8. The van der Waals surface area contributed by atoms with Gasteiger partial charge >= 0.3 is 0 Å². The van der Waals surface area contributed by atoms with E-state index in [1.165, 1.54) is 0 Å². The second kappa shape index (κ2) is 13.2. The summed E-state index contributed by atoms with van der Waals surface area (Å²) in [6.07, 6.45) is -0.366. The molecule has 0 saturated carbocycles. The molecule has 0 N–H and O–H groups in total. The third-order valence-corrected chi connectivity index (χ3v) is 5.35. The van der Waals surface area contributed by atoms with Gasteiger partial charge in [0.15, 0.2) is 0 Å². The monoisotopic (exact) mass is 449 g/mol. The van der Waals surface area contributed by atoms with Crippen LogP contribution in [-0.4, -0.2) is 44.6 Å². The van der Waals surface area contributed by atoms with E-state index in [2.05, 4.69) is 24.3 Å². The van der Waals surface area contributed by atoms with E-state index in [4.69, 9.17) is 28.7 Å². The summed E-state index contributed by atoms with van der Waals surface area (Å²) in [5.74, 6) is 0. The number of hydrogen-bond donors (Lipinski definition) is 0. The van der Waals surface area contributed by atoms with Gasteiger partial charge in [-0.3, -0.25) is 4.98 Å². The number of rotatable bonds is 2. The molecule has 33 heavy (non-hydrogen) atoms. The molecule has 2 heterocycles. The number of benzene rings is 2. The molecule has 2 aromatic carbocycles. The van der Waals surface area contributed by atoms with Crippen LogP contribution in [0, 0.1) is 0 Å². The second-order valence-electron chi connectivity index (χ2n) is 7.80. The molecule has 0 spiro atoms. The van der Waals surface area contributed by atoms with Gasteiger partial charge in [-0.25, -0.2) is 0 Å². The highest BCUT2D eigenvalue weighted by Crippen LogP contribution is 2.21. The molecular weight excluding hydrogens is 418 g/mol. The molecule has 2 bridgehead atoms. The van der Waals surface area contributed by atoms with Gasteiger partial charge in [0.2, 0.25) is 0 Å². The molecule has 0 saturated heterocycles. The molecule has 4 rings (SSSR count). The Labute approximate surface area is 195 Å². The predicted molar refractivity (Wildman–Crippen MR) is 125 cm³/mol. The lowest BCUT2D eigenvalue weighted by atomic mass is 10.1. The van der Waals surface area contributed by atoms with Crippen molar-refractivity contribution >= 4 is 0 Å². The summed E-state index contributed by atoms with van der Waals surface area (Å²) in [7, 11) is 0. The highest BCUT2D eigenvalue weighted by molar-refractivity contribution is 5.19. The highest BCUT2D eigenvalue weighted by Gasteiger charge is 2.15. The number of ether oxygens (including phenoxy) is 5. The van der Waals surface area contributed by atoms with Crippen LogP contribution in [0.3, 0.4) is 0 Å². The van der Waals surface area contributed by atoms with Crippen molar-refractivity contribution in [1.82, 2.24) is 4.98 Å². The standard InChI is InChI=1S/C27H31NO5/c1-3-8-22(9-4-1)26-20-30-16-14-29-15-17-31-21-27(23-10-5-2-6-11-23)33-19-25-13-7-12-24(28-25)18-32-26/h1-13,26-27H,14-21H2/t26-,27-/m1/s1. The third-order valence-electron chi connectivity index (χ3n) is 5.35. The van der Waals surface area contributed by atoms with E-state index in [-0.39, 0.29) is 12.2 Å². The lowest BCUT2D eigenvalue weighted by molar-refractivity contribution is -0.0566. The zero-order chi connectivity index (χ0) is 22.6. The van der Waals surface area contributed by atoms with Crippen LogP contribution in [0.4, 0.5) is 0 Å². The fraction of sp³-hybridized carbons (Fsp3) is 0.370. The van der Waals surface area contributed by atoms with Crippen LogP contribution in [0.5, 0.6) is 0 Å². The van der Waals surface area contributed by atoms with Gasteiger partial charge in [-0.1, -0.05) is 66.7 Å². The van der Waals surface area contributed by atoms with Gasteiger partial charge in [0.05, 0.1) is 64.2 Å². The Morgan fingerprint density at radius 1 is 0.515 bits per heavy atom. The Morgan fingerprint density at radius 3 is 1.45 bits per heavy atom. The molecule has 2 atom stereocenters. The Morgan fingerprint density at radius 2 is 0.970 bits per heavy atom. The van der Waals surface area contributed by atoms with Crippen LogP contribution in [0.1, 0.15) is 34.7 Å². The summed E-state index contributed by atoms with van der Waals surface area (Å²) in [5, 5.41) is 0. The van der Waals surface area contributed by atoms with Crippen molar-refractivity contribution in [2.75, 3.05) is 39.6 Å².